The van der Waals surface area contributed by atoms with Crippen LogP contribution in [-0.2, 0) is 27.1 Å². The number of hydrogen-bond acceptors (Lipinski definition) is 5. The summed E-state index contributed by atoms with van der Waals surface area (Å²) in [6.07, 6.45) is 1.18. The molecule has 8 heteroatoms. The lowest BCUT2D eigenvalue weighted by atomic mass is 9.71. The average Bonchev–Trinajstić information content (AvgIpc) is 3.34. The molecule has 0 saturated carbocycles. The van der Waals surface area contributed by atoms with Gasteiger partial charge in [-0.1, -0.05) is 60.7 Å². The third-order valence-corrected chi connectivity index (χ3v) is 6.81. The van der Waals surface area contributed by atoms with Gasteiger partial charge in [0.1, 0.15) is 18.5 Å². The molecule has 0 spiro atoms. The van der Waals surface area contributed by atoms with Crippen LogP contribution in [0.15, 0.2) is 66.7 Å². The van der Waals surface area contributed by atoms with Crippen molar-refractivity contribution in [2.45, 2.75) is 64.1 Å². The van der Waals surface area contributed by atoms with Gasteiger partial charge in [0.25, 0.3) is 0 Å². The third-order valence-electron chi connectivity index (χ3n) is 6.81. The summed E-state index contributed by atoms with van der Waals surface area (Å²) in [5, 5.41) is 14.1. The van der Waals surface area contributed by atoms with E-state index in [0.717, 1.165) is 37.2 Å². The van der Waals surface area contributed by atoms with Gasteiger partial charge in [-0.15, -0.1) is 0 Å². The number of benzene rings is 2. The molecule has 0 radical (unpaired) electrons. The number of piperidine rings is 1. The molecular formula is C29H37N5O3. The maximum absolute atomic E-state index is 13.1. The first-order valence-corrected chi connectivity index (χ1v) is 12.8. The van der Waals surface area contributed by atoms with E-state index in [0.29, 0.717) is 5.82 Å². The second kappa shape index (κ2) is 11.2. The maximum Gasteiger partial charge on any atom is 0.408 e. The largest absolute Gasteiger partial charge is 0.445 e. The van der Waals surface area contributed by atoms with Gasteiger partial charge in [0.2, 0.25) is 5.91 Å². The Labute approximate surface area is 218 Å². The number of hydrogen-bond donors (Lipinski definition) is 3. The fourth-order valence-electron chi connectivity index (χ4n) is 4.76. The number of amides is 2. The Morgan fingerprint density at radius 1 is 1.05 bits per heavy atom. The molecule has 3 aromatic rings. The predicted molar refractivity (Wildman–Crippen MR) is 144 cm³/mol. The van der Waals surface area contributed by atoms with E-state index in [1.165, 1.54) is 5.56 Å². The van der Waals surface area contributed by atoms with Crippen molar-refractivity contribution in [3.63, 3.8) is 0 Å². The van der Waals surface area contributed by atoms with Gasteiger partial charge < -0.3 is 20.7 Å². The van der Waals surface area contributed by atoms with Crippen LogP contribution in [0.3, 0.4) is 0 Å². The smallest absolute Gasteiger partial charge is 0.408 e. The number of carbonyl (C=O) groups excluding carboxylic acids is 2. The highest BCUT2D eigenvalue weighted by atomic mass is 16.5. The first kappa shape index (κ1) is 26.4. The van der Waals surface area contributed by atoms with Crippen LogP contribution < -0.4 is 16.0 Å². The SMILES string of the molecule is C[C@H](NC(=O)OCc1ccccc1)C(=O)Nc1cc(C2(c3ccccc3)CCNCC2)nn1C(C)(C)C. The topological polar surface area (TPSA) is 97.3 Å². The summed E-state index contributed by atoms with van der Waals surface area (Å²) in [5.74, 6) is 0.264. The highest BCUT2D eigenvalue weighted by molar-refractivity contribution is 5.95. The highest BCUT2D eigenvalue weighted by Crippen LogP contribution is 2.41. The van der Waals surface area contributed by atoms with Crippen LogP contribution in [-0.4, -0.2) is 40.9 Å². The Balaban J connectivity index is 1.52. The van der Waals surface area contributed by atoms with Gasteiger partial charge in [0.15, 0.2) is 0 Å². The molecular weight excluding hydrogens is 466 g/mol. The number of alkyl carbamates (subject to hydrolysis) is 1. The molecule has 2 aromatic carbocycles. The summed E-state index contributed by atoms with van der Waals surface area (Å²) in [4.78, 5) is 25.4. The average molecular weight is 504 g/mol. The molecule has 8 nitrogen and oxygen atoms in total. The lowest BCUT2D eigenvalue weighted by Gasteiger charge is -2.37. The molecule has 0 unspecified atom stereocenters. The van der Waals surface area contributed by atoms with Crippen molar-refractivity contribution in [3.8, 4) is 0 Å². The van der Waals surface area contributed by atoms with Crippen molar-refractivity contribution < 1.29 is 14.3 Å². The molecule has 0 bridgehead atoms. The number of rotatable bonds is 7. The van der Waals surface area contributed by atoms with Crippen molar-refractivity contribution in [3.05, 3.63) is 83.6 Å². The molecule has 1 aromatic heterocycles. The van der Waals surface area contributed by atoms with Crippen LogP contribution in [0.1, 0.15) is 57.4 Å². The van der Waals surface area contributed by atoms with Crippen LogP contribution in [0.4, 0.5) is 10.6 Å². The van der Waals surface area contributed by atoms with Gasteiger partial charge in [-0.3, -0.25) is 4.79 Å². The van der Waals surface area contributed by atoms with E-state index >= 15 is 0 Å². The van der Waals surface area contributed by atoms with Crippen LogP contribution in [0.25, 0.3) is 0 Å². The number of carbonyl (C=O) groups is 2. The Morgan fingerprint density at radius 3 is 2.30 bits per heavy atom. The minimum Gasteiger partial charge on any atom is -0.445 e. The molecule has 1 atom stereocenters. The lowest BCUT2D eigenvalue weighted by Crippen LogP contribution is -2.42. The minimum absolute atomic E-state index is 0.137. The molecule has 1 fully saturated rings. The van der Waals surface area contributed by atoms with Crippen LogP contribution in [0, 0.1) is 0 Å². The van der Waals surface area contributed by atoms with E-state index in [-0.39, 0.29) is 23.5 Å². The Hall–Kier alpha value is -3.65. The maximum atomic E-state index is 13.1. The molecule has 2 amide bonds. The van der Waals surface area contributed by atoms with Gasteiger partial charge >= 0.3 is 6.09 Å². The van der Waals surface area contributed by atoms with Gasteiger partial charge in [0.05, 0.1) is 11.2 Å². The number of ether oxygens (including phenoxy) is 1. The molecule has 0 aliphatic carbocycles. The summed E-state index contributed by atoms with van der Waals surface area (Å²) >= 11 is 0. The molecule has 2 heterocycles. The zero-order valence-corrected chi connectivity index (χ0v) is 22.1. The van der Waals surface area contributed by atoms with E-state index in [1.807, 2.05) is 47.1 Å². The van der Waals surface area contributed by atoms with Gasteiger partial charge in [-0.05, 0) is 64.8 Å². The fraction of sp³-hybridized carbons (Fsp3) is 0.414. The van der Waals surface area contributed by atoms with E-state index in [2.05, 4.69) is 61.0 Å². The van der Waals surface area contributed by atoms with Crippen molar-refractivity contribution in [2.75, 3.05) is 18.4 Å². The molecule has 196 valence electrons. The third kappa shape index (κ3) is 6.20. The standard InChI is InChI=1S/C29H37N5O3/c1-21(31-27(36)37-20-22-11-7-5-8-12-22)26(35)32-25-19-24(33-34(25)28(2,3)4)29(15-17-30-18-16-29)23-13-9-6-10-14-23/h5-14,19,21,30H,15-18,20H2,1-4H3,(H,31,36)(H,32,35)/t21-/m0/s1. The highest BCUT2D eigenvalue weighted by Gasteiger charge is 2.39. The molecule has 1 aliphatic rings. The number of nitrogens with one attached hydrogen (secondary N) is 3. The molecule has 1 saturated heterocycles. The fourth-order valence-corrected chi connectivity index (χ4v) is 4.76. The number of anilines is 1. The summed E-state index contributed by atoms with van der Waals surface area (Å²) in [6, 6.07) is 21.1. The van der Waals surface area contributed by atoms with E-state index in [1.54, 1.807) is 6.92 Å². The molecule has 3 N–H and O–H groups in total. The first-order chi connectivity index (χ1) is 17.7. The molecule has 4 rings (SSSR count). The summed E-state index contributed by atoms with van der Waals surface area (Å²) in [7, 11) is 0. The number of aromatic nitrogens is 2. The first-order valence-electron chi connectivity index (χ1n) is 12.8. The van der Waals surface area contributed by atoms with Crippen LogP contribution in [0.2, 0.25) is 0 Å². The lowest BCUT2D eigenvalue weighted by molar-refractivity contribution is -0.117. The summed E-state index contributed by atoms with van der Waals surface area (Å²) < 4.78 is 7.14. The van der Waals surface area contributed by atoms with Crippen molar-refractivity contribution >= 4 is 17.8 Å². The minimum atomic E-state index is -0.794. The normalized spacial score (nSPS) is 16.0. The van der Waals surface area contributed by atoms with Crippen molar-refractivity contribution in [1.82, 2.24) is 20.4 Å². The second-order valence-electron chi connectivity index (χ2n) is 10.6. The van der Waals surface area contributed by atoms with Crippen LogP contribution in [0.5, 0.6) is 0 Å². The Kier molecular flexibility index (Phi) is 7.97. The molecule has 37 heavy (non-hydrogen) atoms. The number of nitrogens with zero attached hydrogens (tertiary/aromatic N) is 2. The Bertz CT molecular complexity index is 1200. The Morgan fingerprint density at radius 2 is 1.68 bits per heavy atom. The molecule has 1 aliphatic heterocycles. The summed E-state index contributed by atoms with van der Waals surface area (Å²) in [6.45, 7) is 9.72. The summed E-state index contributed by atoms with van der Waals surface area (Å²) in [5.41, 5.74) is 2.43. The van der Waals surface area contributed by atoms with Crippen molar-refractivity contribution in [1.29, 1.82) is 0 Å². The van der Waals surface area contributed by atoms with E-state index < -0.39 is 12.1 Å². The zero-order chi connectivity index (χ0) is 26.5. The van der Waals surface area contributed by atoms with Gasteiger partial charge in [-0.25, -0.2) is 9.48 Å². The van der Waals surface area contributed by atoms with Crippen molar-refractivity contribution in [2.24, 2.45) is 0 Å². The van der Waals surface area contributed by atoms with Crippen LogP contribution >= 0.6 is 0 Å². The predicted octanol–water partition coefficient (Wildman–Crippen LogP) is 4.56. The van der Waals surface area contributed by atoms with Gasteiger partial charge in [0, 0.05) is 11.5 Å². The quantitative estimate of drug-likeness (QED) is 0.439. The zero-order valence-electron chi connectivity index (χ0n) is 22.1. The monoisotopic (exact) mass is 503 g/mol. The second-order valence-corrected chi connectivity index (χ2v) is 10.6. The van der Waals surface area contributed by atoms with Gasteiger partial charge in [-0.2, -0.15) is 5.10 Å². The van der Waals surface area contributed by atoms with E-state index in [4.69, 9.17) is 9.84 Å². The van der Waals surface area contributed by atoms with E-state index in [9.17, 15) is 9.59 Å².